The van der Waals surface area contributed by atoms with Crippen molar-refractivity contribution in [1.82, 2.24) is 4.98 Å². The number of rotatable bonds is 6. The summed E-state index contributed by atoms with van der Waals surface area (Å²) in [6.07, 6.45) is 3.58. The highest BCUT2D eigenvalue weighted by Gasteiger charge is 2.34. The number of hydrogen-bond donors (Lipinski definition) is 1. The van der Waals surface area contributed by atoms with Crippen LogP contribution in [0.5, 0.6) is 0 Å². The molecule has 35 heavy (non-hydrogen) atoms. The number of aliphatic hydroxyl groups excluding tert-OH is 1. The van der Waals surface area contributed by atoms with E-state index in [4.69, 9.17) is 16.6 Å². The van der Waals surface area contributed by atoms with Crippen LogP contribution in [0.2, 0.25) is 5.02 Å². The second kappa shape index (κ2) is 9.96. The van der Waals surface area contributed by atoms with Gasteiger partial charge in [-0.2, -0.15) is 0 Å². The van der Waals surface area contributed by atoms with E-state index in [1.54, 1.807) is 30.3 Å². The van der Waals surface area contributed by atoms with Gasteiger partial charge in [0.1, 0.15) is 11.6 Å². The number of carbonyl (C=O) groups excluding carboxylic acids is 1. The number of anilines is 2. The molecule has 1 amide bonds. The number of halogens is 2. The topological polar surface area (TPSA) is 56.7 Å². The third-order valence-corrected chi connectivity index (χ3v) is 7.21. The van der Waals surface area contributed by atoms with Gasteiger partial charge in [-0.05, 0) is 80.6 Å². The average molecular weight is 496 g/mol. The van der Waals surface area contributed by atoms with E-state index in [1.165, 1.54) is 12.1 Å². The summed E-state index contributed by atoms with van der Waals surface area (Å²) in [5.74, 6) is 0.303. The van der Waals surface area contributed by atoms with Gasteiger partial charge in [0, 0.05) is 24.2 Å². The molecule has 2 aromatic carbocycles. The molecule has 0 bridgehead atoms. The van der Waals surface area contributed by atoms with E-state index in [0.29, 0.717) is 10.7 Å². The Morgan fingerprint density at radius 3 is 2.69 bits per heavy atom. The minimum atomic E-state index is -0.843. The van der Waals surface area contributed by atoms with Gasteiger partial charge in [-0.1, -0.05) is 29.8 Å². The SMILES string of the molecule is Cc1cc(F)ccc1-c1cc(N2CCC[C@H]2CO)ncc1N(C)C(=O)C(C)(C)c1cccc(Cl)c1. The van der Waals surface area contributed by atoms with Crippen LogP contribution in [0.4, 0.5) is 15.9 Å². The van der Waals surface area contributed by atoms with Gasteiger partial charge >= 0.3 is 0 Å². The summed E-state index contributed by atoms with van der Waals surface area (Å²) < 4.78 is 13.9. The van der Waals surface area contributed by atoms with Crippen LogP contribution in [0.3, 0.4) is 0 Å². The summed E-state index contributed by atoms with van der Waals surface area (Å²) in [4.78, 5) is 22.2. The summed E-state index contributed by atoms with van der Waals surface area (Å²) in [6, 6.07) is 13.9. The van der Waals surface area contributed by atoms with Crippen molar-refractivity contribution in [3.63, 3.8) is 0 Å². The number of amides is 1. The van der Waals surface area contributed by atoms with E-state index >= 15 is 0 Å². The highest BCUT2D eigenvalue weighted by Crippen LogP contribution is 2.38. The van der Waals surface area contributed by atoms with E-state index in [0.717, 1.165) is 47.5 Å². The van der Waals surface area contributed by atoms with Crippen LogP contribution in [0.25, 0.3) is 11.1 Å². The zero-order valence-corrected chi connectivity index (χ0v) is 21.3. The number of hydrogen-bond acceptors (Lipinski definition) is 4. The summed E-state index contributed by atoms with van der Waals surface area (Å²) >= 11 is 6.20. The molecule has 3 aromatic rings. The average Bonchev–Trinajstić information content (AvgIpc) is 3.32. The molecule has 1 aliphatic heterocycles. The van der Waals surface area contributed by atoms with Crippen LogP contribution in [0, 0.1) is 12.7 Å². The van der Waals surface area contributed by atoms with Gasteiger partial charge in [0.05, 0.1) is 29.9 Å². The number of benzene rings is 2. The molecular formula is C28H31ClFN3O2. The summed E-state index contributed by atoms with van der Waals surface area (Å²) in [7, 11) is 1.74. The fourth-order valence-corrected chi connectivity index (χ4v) is 5.05. The molecule has 1 fully saturated rings. The van der Waals surface area contributed by atoms with E-state index in [-0.39, 0.29) is 24.4 Å². The highest BCUT2D eigenvalue weighted by molar-refractivity contribution is 6.30. The first-order valence-corrected chi connectivity index (χ1v) is 12.2. The zero-order chi connectivity index (χ0) is 25.3. The molecule has 1 saturated heterocycles. The lowest BCUT2D eigenvalue weighted by atomic mass is 9.83. The van der Waals surface area contributed by atoms with Gasteiger partial charge in [-0.3, -0.25) is 4.79 Å². The van der Waals surface area contributed by atoms with Crippen LogP contribution < -0.4 is 9.80 Å². The van der Waals surface area contributed by atoms with Crippen molar-refractivity contribution in [2.24, 2.45) is 0 Å². The lowest BCUT2D eigenvalue weighted by Crippen LogP contribution is -2.42. The molecule has 0 radical (unpaired) electrons. The molecule has 0 spiro atoms. The van der Waals surface area contributed by atoms with Gasteiger partial charge in [0.25, 0.3) is 0 Å². The molecule has 2 heterocycles. The Kier molecular flexibility index (Phi) is 7.15. The molecular weight excluding hydrogens is 465 g/mol. The summed E-state index contributed by atoms with van der Waals surface area (Å²) in [6.45, 7) is 6.46. The fourth-order valence-electron chi connectivity index (χ4n) is 4.86. The smallest absolute Gasteiger partial charge is 0.236 e. The van der Waals surface area contributed by atoms with Crippen LogP contribution in [-0.2, 0) is 10.2 Å². The summed E-state index contributed by atoms with van der Waals surface area (Å²) in [5.41, 5.74) is 2.97. The fraction of sp³-hybridized carbons (Fsp3) is 0.357. The molecule has 1 atom stereocenters. The molecule has 5 nitrogen and oxygen atoms in total. The van der Waals surface area contributed by atoms with Gasteiger partial charge in [0.15, 0.2) is 0 Å². The molecule has 0 aliphatic carbocycles. The van der Waals surface area contributed by atoms with Gasteiger partial charge < -0.3 is 14.9 Å². The first kappa shape index (κ1) is 25.1. The summed E-state index contributed by atoms with van der Waals surface area (Å²) in [5, 5.41) is 10.4. The standard InChI is InChI=1S/C28H31ClFN3O2/c1-18-13-21(30)10-11-23(18)24-15-26(33-12-6-9-22(33)17-34)31-16-25(24)32(4)27(35)28(2,3)19-7-5-8-20(29)14-19/h5,7-8,10-11,13-16,22,34H,6,9,12,17H2,1-4H3/t22-/m0/s1. The quantitative estimate of drug-likeness (QED) is 0.473. The number of pyridine rings is 1. The van der Waals surface area contributed by atoms with Gasteiger partial charge in [-0.25, -0.2) is 9.37 Å². The van der Waals surface area contributed by atoms with Crippen molar-refractivity contribution in [2.75, 3.05) is 30.0 Å². The first-order chi connectivity index (χ1) is 16.6. The normalized spacial score (nSPS) is 16.0. The molecule has 4 rings (SSSR count). The van der Waals surface area contributed by atoms with Crippen molar-refractivity contribution in [1.29, 1.82) is 0 Å². The van der Waals surface area contributed by atoms with E-state index in [9.17, 15) is 14.3 Å². The lowest BCUT2D eigenvalue weighted by molar-refractivity contribution is -0.122. The first-order valence-electron chi connectivity index (χ1n) is 11.8. The van der Waals surface area contributed by atoms with E-state index in [1.807, 2.05) is 45.0 Å². The molecule has 0 unspecified atom stereocenters. The van der Waals surface area contributed by atoms with Crippen molar-refractivity contribution in [2.45, 2.75) is 45.1 Å². The number of aromatic nitrogens is 1. The molecule has 0 saturated carbocycles. The van der Waals surface area contributed by atoms with Gasteiger partial charge in [0.2, 0.25) is 5.91 Å². The molecule has 1 N–H and O–H groups in total. The van der Waals surface area contributed by atoms with Crippen LogP contribution in [-0.4, -0.2) is 42.2 Å². The van der Waals surface area contributed by atoms with Crippen molar-refractivity contribution < 1.29 is 14.3 Å². The Labute approximate surface area is 211 Å². The minimum absolute atomic E-state index is 0.0108. The molecule has 184 valence electrons. The van der Waals surface area contributed by atoms with E-state index in [2.05, 4.69) is 4.90 Å². The third kappa shape index (κ3) is 4.91. The van der Waals surface area contributed by atoms with Crippen molar-refractivity contribution in [3.8, 4) is 11.1 Å². The predicted octanol–water partition coefficient (Wildman–Crippen LogP) is 5.75. The number of nitrogens with zero attached hydrogens (tertiary/aromatic N) is 3. The molecule has 1 aromatic heterocycles. The zero-order valence-electron chi connectivity index (χ0n) is 20.6. The van der Waals surface area contributed by atoms with Crippen LogP contribution >= 0.6 is 11.6 Å². The number of aliphatic hydroxyl groups is 1. The minimum Gasteiger partial charge on any atom is -0.394 e. The maximum atomic E-state index is 13.9. The largest absolute Gasteiger partial charge is 0.394 e. The Bertz CT molecular complexity index is 1250. The van der Waals surface area contributed by atoms with Gasteiger partial charge in [-0.15, -0.1) is 0 Å². The third-order valence-electron chi connectivity index (χ3n) is 6.98. The number of likely N-dealkylation sites (N-methyl/N-ethyl adjacent to an activating group) is 1. The monoisotopic (exact) mass is 495 g/mol. The van der Waals surface area contributed by atoms with Crippen LogP contribution in [0.15, 0.2) is 54.7 Å². The Hall–Kier alpha value is -2.96. The Balaban J connectivity index is 1.80. The molecule has 7 heteroatoms. The maximum absolute atomic E-state index is 13.9. The number of aryl methyl sites for hydroxylation is 1. The Morgan fingerprint density at radius 1 is 1.23 bits per heavy atom. The molecule has 1 aliphatic rings. The van der Waals surface area contributed by atoms with Crippen molar-refractivity contribution >= 4 is 29.0 Å². The van der Waals surface area contributed by atoms with E-state index < -0.39 is 5.41 Å². The predicted molar refractivity (Wildman–Crippen MR) is 140 cm³/mol. The highest BCUT2D eigenvalue weighted by atomic mass is 35.5. The second-order valence-electron chi connectivity index (χ2n) is 9.69. The maximum Gasteiger partial charge on any atom is 0.236 e. The van der Waals surface area contributed by atoms with Crippen molar-refractivity contribution in [3.05, 3.63) is 76.7 Å². The number of carbonyl (C=O) groups is 1. The van der Waals surface area contributed by atoms with Crippen LogP contribution in [0.1, 0.15) is 37.8 Å². The lowest BCUT2D eigenvalue weighted by Gasteiger charge is -2.32. The second-order valence-corrected chi connectivity index (χ2v) is 10.1. The Morgan fingerprint density at radius 2 is 2.00 bits per heavy atom.